The van der Waals surface area contributed by atoms with E-state index in [0.29, 0.717) is 6.04 Å². The first-order valence-corrected chi connectivity index (χ1v) is 6.41. The summed E-state index contributed by atoms with van der Waals surface area (Å²) in [6.07, 6.45) is 4.87. The van der Waals surface area contributed by atoms with Crippen LogP contribution in [0.25, 0.3) is 11.3 Å². The molecule has 0 saturated carbocycles. The van der Waals surface area contributed by atoms with E-state index in [9.17, 15) is 0 Å². The van der Waals surface area contributed by atoms with Crippen LogP contribution in [-0.4, -0.2) is 19.3 Å². The van der Waals surface area contributed by atoms with Gasteiger partial charge in [0, 0.05) is 24.3 Å². The van der Waals surface area contributed by atoms with Gasteiger partial charge in [-0.15, -0.1) is 0 Å². The highest BCUT2D eigenvalue weighted by atomic mass is 15.3. The number of aromatic nitrogens is 4. The van der Waals surface area contributed by atoms with Crippen LogP contribution in [0.15, 0.2) is 12.4 Å². The van der Waals surface area contributed by atoms with E-state index in [1.54, 1.807) is 0 Å². The van der Waals surface area contributed by atoms with Crippen LogP contribution in [-0.2, 0) is 6.54 Å². The molecule has 0 saturated heterocycles. The lowest BCUT2D eigenvalue weighted by Gasteiger charge is -2.05. The van der Waals surface area contributed by atoms with E-state index >= 15 is 0 Å². The summed E-state index contributed by atoms with van der Waals surface area (Å²) in [5.74, 6) is 1.69. The third-order valence-electron chi connectivity index (χ3n) is 3.05. The fourth-order valence-electron chi connectivity index (χ4n) is 2.04. The van der Waals surface area contributed by atoms with Gasteiger partial charge in [0.25, 0.3) is 0 Å². The molecule has 2 rings (SSSR count). The zero-order chi connectivity index (χ0) is 13.3. The van der Waals surface area contributed by atoms with Crippen molar-refractivity contribution in [3.05, 3.63) is 18.2 Å². The Morgan fingerprint density at radius 3 is 2.67 bits per heavy atom. The predicted molar refractivity (Wildman–Crippen MR) is 73.3 cm³/mol. The lowest BCUT2D eigenvalue weighted by atomic mass is 10.2. The Bertz CT molecular complexity index is 536. The number of nitrogens with two attached hydrogens (primary N) is 1. The van der Waals surface area contributed by atoms with Crippen molar-refractivity contribution < 1.29 is 0 Å². The van der Waals surface area contributed by atoms with Crippen molar-refractivity contribution in [1.29, 1.82) is 0 Å². The molecule has 0 spiro atoms. The Hall–Kier alpha value is -1.78. The lowest BCUT2D eigenvalue weighted by Crippen LogP contribution is -2.04. The van der Waals surface area contributed by atoms with Crippen molar-refractivity contribution >= 4 is 5.82 Å². The number of anilines is 1. The molecule has 0 amide bonds. The van der Waals surface area contributed by atoms with Crippen LogP contribution in [0.2, 0.25) is 0 Å². The van der Waals surface area contributed by atoms with Gasteiger partial charge in [-0.2, -0.15) is 5.10 Å². The van der Waals surface area contributed by atoms with Gasteiger partial charge >= 0.3 is 0 Å². The maximum Gasteiger partial charge on any atom is 0.131 e. The molecule has 0 aliphatic rings. The van der Waals surface area contributed by atoms with Crippen LogP contribution in [0.1, 0.15) is 39.1 Å². The average Bonchev–Trinajstić information content (AvgIpc) is 2.89. The maximum atomic E-state index is 6.17. The Labute approximate surface area is 108 Å². The molecule has 0 aromatic carbocycles. The molecule has 5 heteroatoms. The highest BCUT2D eigenvalue weighted by molar-refractivity contribution is 5.69. The SMILES string of the molecule is CCCn1c(C)nc(-c2cnn(C(C)C)c2)c1N. The fourth-order valence-corrected chi connectivity index (χ4v) is 2.04. The second-order valence-electron chi connectivity index (χ2n) is 4.85. The topological polar surface area (TPSA) is 61.7 Å². The minimum absolute atomic E-state index is 0.346. The van der Waals surface area contributed by atoms with Crippen molar-refractivity contribution in [2.75, 3.05) is 5.73 Å². The van der Waals surface area contributed by atoms with Crippen LogP contribution in [0.3, 0.4) is 0 Å². The average molecular weight is 247 g/mol. The molecule has 98 valence electrons. The number of imidazole rings is 1. The Morgan fingerprint density at radius 2 is 2.11 bits per heavy atom. The van der Waals surface area contributed by atoms with E-state index in [0.717, 1.165) is 35.9 Å². The number of hydrogen-bond donors (Lipinski definition) is 1. The van der Waals surface area contributed by atoms with E-state index in [1.807, 2.05) is 24.0 Å². The van der Waals surface area contributed by atoms with Gasteiger partial charge in [-0.05, 0) is 27.2 Å². The van der Waals surface area contributed by atoms with Crippen LogP contribution in [0.5, 0.6) is 0 Å². The zero-order valence-corrected chi connectivity index (χ0v) is 11.5. The molecule has 2 N–H and O–H groups in total. The molecule has 0 atom stereocenters. The van der Waals surface area contributed by atoms with Crippen molar-refractivity contribution in [1.82, 2.24) is 19.3 Å². The summed E-state index contributed by atoms with van der Waals surface area (Å²) in [6, 6.07) is 0.346. The van der Waals surface area contributed by atoms with Crippen molar-refractivity contribution in [3.8, 4) is 11.3 Å². The number of aryl methyl sites for hydroxylation is 1. The van der Waals surface area contributed by atoms with Crippen LogP contribution >= 0.6 is 0 Å². The molecule has 2 aromatic rings. The lowest BCUT2D eigenvalue weighted by molar-refractivity contribution is 0.532. The van der Waals surface area contributed by atoms with E-state index in [2.05, 4.69) is 35.4 Å². The summed E-state index contributed by atoms with van der Waals surface area (Å²) in [5, 5.41) is 4.33. The van der Waals surface area contributed by atoms with Crippen LogP contribution < -0.4 is 5.73 Å². The third kappa shape index (κ3) is 2.12. The van der Waals surface area contributed by atoms with Gasteiger partial charge in [0.05, 0.1) is 6.20 Å². The fraction of sp³-hybridized carbons (Fsp3) is 0.538. The maximum absolute atomic E-state index is 6.17. The van der Waals surface area contributed by atoms with E-state index in [1.165, 1.54) is 0 Å². The van der Waals surface area contributed by atoms with Crippen molar-refractivity contribution in [3.63, 3.8) is 0 Å². The molecule has 2 heterocycles. The van der Waals surface area contributed by atoms with E-state index < -0.39 is 0 Å². The summed E-state index contributed by atoms with van der Waals surface area (Å²) in [5.41, 5.74) is 8.00. The molecule has 0 unspecified atom stereocenters. The van der Waals surface area contributed by atoms with E-state index in [4.69, 9.17) is 5.73 Å². The zero-order valence-electron chi connectivity index (χ0n) is 11.5. The van der Waals surface area contributed by atoms with Gasteiger partial charge in [-0.3, -0.25) is 4.68 Å². The van der Waals surface area contributed by atoms with Gasteiger partial charge in [-0.1, -0.05) is 6.92 Å². The molecule has 0 bridgehead atoms. The molecular formula is C13H21N5. The molecule has 5 nitrogen and oxygen atoms in total. The van der Waals surface area contributed by atoms with E-state index in [-0.39, 0.29) is 0 Å². The first kappa shape index (κ1) is 12.7. The van der Waals surface area contributed by atoms with Gasteiger partial charge in [0.2, 0.25) is 0 Å². The minimum atomic E-state index is 0.346. The summed E-state index contributed by atoms with van der Waals surface area (Å²) < 4.78 is 3.98. The quantitative estimate of drug-likeness (QED) is 0.903. The third-order valence-corrected chi connectivity index (χ3v) is 3.05. The molecule has 0 aliphatic heterocycles. The van der Waals surface area contributed by atoms with Gasteiger partial charge in [0.1, 0.15) is 17.3 Å². The Kier molecular flexibility index (Phi) is 3.41. The monoisotopic (exact) mass is 247 g/mol. The molecular weight excluding hydrogens is 226 g/mol. The standard InChI is InChI=1S/C13H21N5/c1-5-6-17-10(4)16-12(13(17)14)11-7-15-18(8-11)9(2)3/h7-9H,5-6,14H2,1-4H3. The first-order valence-electron chi connectivity index (χ1n) is 6.41. The largest absolute Gasteiger partial charge is 0.383 e. The van der Waals surface area contributed by atoms with Gasteiger partial charge < -0.3 is 10.3 Å². The van der Waals surface area contributed by atoms with Gasteiger partial charge in [0.15, 0.2) is 0 Å². The number of nitrogen functional groups attached to an aromatic ring is 1. The summed E-state index contributed by atoms with van der Waals surface area (Å²) in [4.78, 5) is 4.56. The summed E-state index contributed by atoms with van der Waals surface area (Å²) >= 11 is 0. The van der Waals surface area contributed by atoms with Gasteiger partial charge in [-0.25, -0.2) is 4.98 Å². The second-order valence-corrected chi connectivity index (χ2v) is 4.85. The number of nitrogens with zero attached hydrogens (tertiary/aromatic N) is 4. The number of hydrogen-bond acceptors (Lipinski definition) is 3. The number of rotatable bonds is 4. The Morgan fingerprint density at radius 1 is 1.39 bits per heavy atom. The smallest absolute Gasteiger partial charge is 0.131 e. The van der Waals surface area contributed by atoms with Crippen molar-refractivity contribution in [2.24, 2.45) is 0 Å². The normalized spacial score (nSPS) is 11.4. The highest BCUT2D eigenvalue weighted by Crippen LogP contribution is 2.26. The van der Waals surface area contributed by atoms with Crippen LogP contribution in [0, 0.1) is 6.92 Å². The van der Waals surface area contributed by atoms with Crippen LogP contribution in [0.4, 0.5) is 5.82 Å². The first-order chi connectivity index (χ1) is 8.54. The molecule has 2 aromatic heterocycles. The predicted octanol–water partition coefficient (Wildman–Crippen LogP) is 2.63. The second kappa shape index (κ2) is 4.84. The molecule has 18 heavy (non-hydrogen) atoms. The molecule has 0 aliphatic carbocycles. The summed E-state index contributed by atoms with van der Waals surface area (Å²) in [6.45, 7) is 9.23. The van der Waals surface area contributed by atoms with Crippen molar-refractivity contribution in [2.45, 2.75) is 46.7 Å². The highest BCUT2D eigenvalue weighted by Gasteiger charge is 2.15. The molecule has 0 radical (unpaired) electrons. The minimum Gasteiger partial charge on any atom is -0.383 e. The Balaban J connectivity index is 2.41. The molecule has 0 fully saturated rings. The summed E-state index contributed by atoms with van der Waals surface area (Å²) in [7, 11) is 0.